The van der Waals surface area contributed by atoms with Gasteiger partial charge >= 0.3 is 0 Å². The van der Waals surface area contributed by atoms with Crippen molar-refractivity contribution >= 4 is 11.9 Å². The first-order valence-electron chi connectivity index (χ1n) is 3.45. The summed E-state index contributed by atoms with van der Waals surface area (Å²) in [5, 5.41) is 20.5. The van der Waals surface area contributed by atoms with Crippen LogP contribution in [0.2, 0.25) is 0 Å². The number of carbonyl (C=O) groups is 2. The quantitative estimate of drug-likeness (QED) is 0.495. The molecule has 0 amide bonds. The van der Waals surface area contributed by atoms with Crippen LogP contribution < -0.4 is 15.9 Å². The topological polar surface area (TPSA) is 106 Å². The molecule has 1 atom stereocenters. The SMILES string of the molecule is CC(C)(C(=O)[O-])C(N)CC(=O)[O-]. The molecule has 0 spiro atoms. The number of rotatable bonds is 4. The monoisotopic (exact) mass is 173 g/mol. The predicted octanol–water partition coefficient (Wildman–Crippen LogP) is -2.77. The highest BCUT2D eigenvalue weighted by molar-refractivity contribution is 5.74. The summed E-state index contributed by atoms with van der Waals surface area (Å²) in [4.78, 5) is 20.5. The van der Waals surface area contributed by atoms with Crippen molar-refractivity contribution in [3.8, 4) is 0 Å². The van der Waals surface area contributed by atoms with Crippen LogP contribution >= 0.6 is 0 Å². The van der Waals surface area contributed by atoms with E-state index < -0.39 is 29.8 Å². The third-order valence-electron chi connectivity index (χ3n) is 1.84. The molecular formula is C7H11NO4-2. The molecule has 0 aliphatic rings. The second-order valence-corrected chi connectivity index (χ2v) is 3.19. The van der Waals surface area contributed by atoms with Crippen molar-refractivity contribution in [2.75, 3.05) is 0 Å². The molecule has 12 heavy (non-hydrogen) atoms. The lowest BCUT2D eigenvalue weighted by Gasteiger charge is -2.32. The van der Waals surface area contributed by atoms with Crippen LogP contribution in [0, 0.1) is 5.41 Å². The van der Waals surface area contributed by atoms with Gasteiger partial charge in [-0.25, -0.2) is 0 Å². The van der Waals surface area contributed by atoms with E-state index in [-0.39, 0.29) is 0 Å². The molecule has 0 radical (unpaired) electrons. The Morgan fingerprint density at radius 1 is 1.42 bits per heavy atom. The lowest BCUT2D eigenvalue weighted by Crippen LogP contribution is -2.51. The first-order valence-corrected chi connectivity index (χ1v) is 3.45. The average molecular weight is 173 g/mol. The van der Waals surface area contributed by atoms with Crippen LogP contribution in [0.3, 0.4) is 0 Å². The maximum atomic E-state index is 10.4. The fourth-order valence-electron chi connectivity index (χ4n) is 0.586. The zero-order chi connectivity index (χ0) is 9.94. The van der Waals surface area contributed by atoms with Crippen molar-refractivity contribution in [1.29, 1.82) is 0 Å². The number of aliphatic carboxylic acids is 2. The van der Waals surface area contributed by atoms with Crippen molar-refractivity contribution in [3.63, 3.8) is 0 Å². The van der Waals surface area contributed by atoms with Crippen molar-refractivity contribution in [3.05, 3.63) is 0 Å². The van der Waals surface area contributed by atoms with Crippen LogP contribution in [0.1, 0.15) is 20.3 Å². The summed E-state index contributed by atoms with van der Waals surface area (Å²) in [6, 6.07) is -0.993. The Morgan fingerprint density at radius 2 is 1.83 bits per heavy atom. The smallest absolute Gasteiger partial charge is 0.0486 e. The van der Waals surface area contributed by atoms with Crippen molar-refractivity contribution in [2.45, 2.75) is 26.3 Å². The number of hydrogen-bond acceptors (Lipinski definition) is 5. The maximum Gasteiger partial charge on any atom is 0.0486 e. The zero-order valence-corrected chi connectivity index (χ0v) is 6.99. The molecule has 1 unspecified atom stereocenters. The molecule has 0 fully saturated rings. The molecule has 0 aliphatic carbocycles. The molecule has 70 valence electrons. The predicted molar refractivity (Wildman–Crippen MR) is 36.4 cm³/mol. The van der Waals surface area contributed by atoms with E-state index in [0.717, 1.165) is 0 Å². The summed E-state index contributed by atoms with van der Waals surface area (Å²) in [7, 11) is 0. The van der Waals surface area contributed by atoms with Gasteiger partial charge in [0.15, 0.2) is 0 Å². The Labute approximate surface area is 70.2 Å². The van der Waals surface area contributed by atoms with E-state index in [1.165, 1.54) is 13.8 Å². The first-order chi connectivity index (χ1) is 5.28. The van der Waals surface area contributed by atoms with Crippen molar-refractivity contribution in [1.82, 2.24) is 0 Å². The van der Waals surface area contributed by atoms with E-state index >= 15 is 0 Å². The van der Waals surface area contributed by atoms with E-state index in [1.54, 1.807) is 0 Å². The largest absolute Gasteiger partial charge is 0.550 e. The Morgan fingerprint density at radius 3 is 2.08 bits per heavy atom. The molecule has 2 N–H and O–H groups in total. The Bertz CT molecular complexity index is 200. The summed E-state index contributed by atoms with van der Waals surface area (Å²) in [6.45, 7) is 2.63. The van der Waals surface area contributed by atoms with Crippen LogP contribution in [0.25, 0.3) is 0 Å². The number of carboxylic acid groups (broad SMARTS) is 2. The van der Waals surface area contributed by atoms with E-state index in [1.807, 2.05) is 0 Å². The van der Waals surface area contributed by atoms with Gasteiger partial charge in [0.1, 0.15) is 0 Å². The fraction of sp³-hybridized carbons (Fsp3) is 0.714. The molecular weight excluding hydrogens is 162 g/mol. The van der Waals surface area contributed by atoms with Crippen LogP contribution in [0.4, 0.5) is 0 Å². The molecule has 0 aromatic heterocycles. The van der Waals surface area contributed by atoms with Crippen molar-refractivity contribution < 1.29 is 19.8 Å². The first kappa shape index (κ1) is 10.9. The second-order valence-electron chi connectivity index (χ2n) is 3.19. The van der Waals surface area contributed by atoms with Gasteiger partial charge in [-0.05, 0) is 0 Å². The summed E-state index contributed by atoms with van der Waals surface area (Å²) in [5.74, 6) is -2.73. The average Bonchev–Trinajstić information content (AvgIpc) is 1.85. The third kappa shape index (κ3) is 2.50. The minimum absolute atomic E-state index is 0.485. The van der Waals surface area contributed by atoms with E-state index in [9.17, 15) is 19.8 Å². The number of carbonyl (C=O) groups excluding carboxylic acids is 2. The molecule has 5 nitrogen and oxygen atoms in total. The highest BCUT2D eigenvalue weighted by Crippen LogP contribution is 2.19. The van der Waals surface area contributed by atoms with E-state index in [0.29, 0.717) is 0 Å². The standard InChI is InChI=1S/C7H13NO4/c1-7(2,6(11)12)4(8)3-5(9)10/h4H,3,8H2,1-2H3,(H,9,10)(H,11,12)/p-2. The molecule has 0 rings (SSSR count). The number of carboxylic acids is 2. The van der Waals surface area contributed by atoms with Crippen molar-refractivity contribution in [2.24, 2.45) is 11.1 Å². The Hall–Kier alpha value is -1.10. The Balaban J connectivity index is 4.35. The minimum Gasteiger partial charge on any atom is -0.550 e. The summed E-state index contributed by atoms with van der Waals surface area (Å²) < 4.78 is 0. The fourth-order valence-corrected chi connectivity index (χ4v) is 0.586. The molecule has 0 aromatic rings. The number of nitrogens with two attached hydrogens (primary N) is 1. The molecule has 0 heterocycles. The maximum absolute atomic E-state index is 10.4. The molecule has 0 saturated heterocycles. The third-order valence-corrected chi connectivity index (χ3v) is 1.84. The summed E-state index contributed by atoms with van der Waals surface area (Å²) in [5.41, 5.74) is 3.96. The highest BCUT2D eigenvalue weighted by Gasteiger charge is 2.27. The van der Waals surface area contributed by atoms with Gasteiger partial charge in [-0.3, -0.25) is 0 Å². The van der Waals surface area contributed by atoms with Gasteiger partial charge in [0, 0.05) is 29.8 Å². The van der Waals surface area contributed by atoms with Crippen LogP contribution in [-0.4, -0.2) is 18.0 Å². The summed E-state index contributed by atoms with van der Waals surface area (Å²) in [6.07, 6.45) is -0.485. The highest BCUT2D eigenvalue weighted by atomic mass is 16.4. The van der Waals surface area contributed by atoms with Crippen LogP contribution in [-0.2, 0) is 9.59 Å². The van der Waals surface area contributed by atoms with Crippen LogP contribution in [0.5, 0.6) is 0 Å². The van der Waals surface area contributed by atoms with Gasteiger partial charge in [-0.1, -0.05) is 13.8 Å². The molecule has 0 aromatic carbocycles. The molecule has 0 saturated carbocycles. The zero-order valence-electron chi connectivity index (χ0n) is 6.99. The minimum atomic E-state index is -1.36. The van der Waals surface area contributed by atoms with Gasteiger partial charge in [-0.2, -0.15) is 0 Å². The summed E-state index contributed by atoms with van der Waals surface area (Å²) >= 11 is 0. The normalized spacial score (nSPS) is 13.9. The van der Waals surface area contributed by atoms with Gasteiger partial charge in [0.2, 0.25) is 0 Å². The van der Waals surface area contributed by atoms with E-state index in [2.05, 4.69) is 0 Å². The van der Waals surface area contributed by atoms with Gasteiger partial charge < -0.3 is 25.5 Å². The van der Waals surface area contributed by atoms with Crippen LogP contribution in [0.15, 0.2) is 0 Å². The van der Waals surface area contributed by atoms with Gasteiger partial charge in [0.25, 0.3) is 0 Å². The lowest BCUT2D eigenvalue weighted by molar-refractivity contribution is -0.319. The van der Waals surface area contributed by atoms with Gasteiger partial charge in [-0.15, -0.1) is 0 Å². The molecule has 5 heteroatoms. The number of hydrogen-bond donors (Lipinski definition) is 1. The lowest BCUT2D eigenvalue weighted by atomic mass is 9.83. The molecule has 0 bridgehead atoms. The Kier molecular flexibility index (Phi) is 3.21. The van der Waals surface area contributed by atoms with E-state index in [4.69, 9.17) is 5.73 Å². The second kappa shape index (κ2) is 3.53. The van der Waals surface area contributed by atoms with Gasteiger partial charge in [0.05, 0.1) is 0 Å². The molecule has 0 aliphatic heterocycles.